The molecule has 3 heteroatoms. The summed E-state index contributed by atoms with van der Waals surface area (Å²) in [4.78, 5) is 0. The van der Waals surface area contributed by atoms with E-state index in [0.29, 0.717) is 24.3 Å². The minimum Gasteiger partial charge on any atom is -0.207 e. The Morgan fingerprint density at radius 2 is 1.54 bits per heavy atom. The van der Waals surface area contributed by atoms with Crippen molar-refractivity contribution in [3.63, 3.8) is 0 Å². The first-order valence-electron chi connectivity index (χ1n) is 9.63. The third kappa shape index (κ3) is 6.14. The first kappa shape index (κ1) is 19.3. The average molecular weight is 340 g/mol. The largest absolute Gasteiger partial charge is 0.254 e. The fourth-order valence-corrected chi connectivity index (χ4v) is 3.93. The van der Waals surface area contributed by atoms with E-state index in [2.05, 4.69) is 6.92 Å². The van der Waals surface area contributed by atoms with Crippen molar-refractivity contribution < 1.29 is 13.2 Å². The van der Waals surface area contributed by atoms with Crippen molar-refractivity contribution in [2.75, 3.05) is 0 Å². The Bertz CT molecular complexity index is 458. The monoisotopic (exact) mass is 340 g/mol. The van der Waals surface area contributed by atoms with Gasteiger partial charge in [-0.3, -0.25) is 0 Å². The standard InChI is InChI=1S/C21H31F3/c1-2-3-4-5-6-7-17-8-12-19(13-9-17)21(23,24)16-18-10-14-20(22)15-11-18/h10-11,14-15,17,19H,2-9,12-13,16H2,1H3. The molecule has 1 aromatic rings. The van der Waals surface area contributed by atoms with E-state index in [0.717, 1.165) is 12.8 Å². The van der Waals surface area contributed by atoms with Gasteiger partial charge in [0.25, 0.3) is 5.92 Å². The lowest BCUT2D eigenvalue weighted by Gasteiger charge is -2.34. The number of hydrogen-bond acceptors (Lipinski definition) is 0. The van der Waals surface area contributed by atoms with Gasteiger partial charge in [0, 0.05) is 12.3 Å². The van der Waals surface area contributed by atoms with Crippen LogP contribution >= 0.6 is 0 Å². The van der Waals surface area contributed by atoms with Gasteiger partial charge < -0.3 is 0 Å². The van der Waals surface area contributed by atoms with Gasteiger partial charge in [0.15, 0.2) is 0 Å². The van der Waals surface area contributed by atoms with Crippen molar-refractivity contribution in [3.05, 3.63) is 35.6 Å². The molecule has 0 N–H and O–H groups in total. The summed E-state index contributed by atoms with van der Waals surface area (Å²) in [6.07, 6.45) is 10.5. The molecule has 0 aliphatic heterocycles. The molecule has 0 amide bonds. The van der Waals surface area contributed by atoms with E-state index in [1.807, 2.05) is 0 Å². The third-order valence-corrected chi connectivity index (χ3v) is 5.51. The molecule has 0 nitrogen and oxygen atoms in total. The highest BCUT2D eigenvalue weighted by Crippen LogP contribution is 2.41. The van der Waals surface area contributed by atoms with Crippen LogP contribution in [0, 0.1) is 17.7 Å². The van der Waals surface area contributed by atoms with Crippen LogP contribution in [0.5, 0.6) is 0 Å². The van der Waals surface area contributed by atoms with Crippen molar-refractivity contribution in [2.45, 2.75) is 83.5 Å². The number of benzene rings is 1. The molecule has 1 aliphatic rings. The molecule has 136 valence electrons. The van der Waals surface area contributed by atoms with Gasteiger partial charge in [-0.1, -0.05) is 57.6 Å². The molecule has 0 unspecified atom stereocenters. The quantitative estimate of drug-likeness (QED) is 0.418. The maximum Gasteiger partial charge on any atom is 0.254 e. The van der Waals surface area contributed by atoms with Crippen LogP contribution < -0.4 is 0 Å². The maximum atomic E-state index is 14.5. The Morgan fingerprint density at radius 1 is 0.917 bits per heavy atom. The minimum atomic E-state index is -2.68. The Hall–Kier alpha value is -0.990. The van der Waals surface area contributed by atoms with Crippen LogP contribution in [0.3, 0.4) is 0 Å². The Labute approximate surface area is 144 Å². The lowest BCUT2D eigenvalue weighted by Crippen LogP contribution is -2.34. The highest BCUT2D eigenvalue weighted by Gasteiger charge is 2.41. The van der Waals surface area contributed by atoms with E-state index in [-0.39, 0.29) is 12.2 Å². The fraction of sp³-hybridized carbons (Fsp3) is 0.714. The van der Waals surface area contributed by atoms with Gasteiger partial charge in [-0.15, -0.1) is 0 Å². The number of hydrogen-bond donors (Lipinski definition) is 0. The second kappa shape index (κ2) is 9.48. The van der Waals surface area contributed by atoms with E-state index < -0.39 is 11.8 Å². The molecule has 0 aromatic heterocycles. The van der Waals surface area contributed by atoms with Crippen molar-refractivity contribution in [3.8, 4) is 0 Å². The molecule has 24 heavy (non-hydrogen) atoms. The predicted molar refractivity (Wildman–Crippen MR) is 93.9 cm³/mol. The Balaban J connectivity index is 1.73. The number of rotatable bonds is 9. The number of halogens is 3. The second-order valence-corrected chi connectivity index (χ2v) is 7.48. The van der Waals surface area contributed by atoms with Gasteiger partial charge in [0.2, 0.25) is 0 Å². The summed E-state index contributed by atoms with van der Waals surface area (Å²) in [5.41, 5.74) is 0.527. The molecule has 1 aromatic carbocycles. The average Bonchev–Trinajstić information content (AvgIpc) is 2.57. The summed E-state index contributed by atoms with van der Waals surface area (Å²) in [7, 11) is 0. The van der Waals surface area contributed by atoms with E-state index >= 15 is 0 Å². The lowest BCUT2D eigenvalue weighted by atomic mass is 9.76. The van der Waals surface area contributed by atoms with E-state index in [4.69, 9.17) is 0 Å². The molecule has 0 radical (unpaired) electrons. The molecular weight excluding hydrogens is 309 g/mol. The Morgan fingerprint density at radius 3 is 2.17 bits per heavy atom. The zero-order chi connectivity index (χ0) is 17.4. The van der Waals surface area contributed by atoms with Gasteiger partial charge in [0.1, 0.15) is 5.82 Å². The lowest BCUT2D eigenvalue weighted by molar-refractivity contribution is -0.0746. The zero-order valence-electron chi connectivity index (χ0n) is 14.9. The van der Waals surface area contributed by atoms with Crippen LogP contribution in [0.2, 0.25) is 0 Å². The molecule has 1 fully saturated rings. The fourth-order valence-electron chi connectivity index (χ4n) is 3.93. The molecule has 1 aliphatic carbocycles. The zero-order valence-corrected chi connectivity index (χ0v) is 14.9. The highest BCUT2D eigenvalue weighted by atomic mass is 19.3. The summed E-state index contributed by atoms with van der Waals surface area (Å²) in [5, 5.41) is 0. The van der Waals surface area contributed by atoms with Gasteiger partial charge in [-0.2, -0.15) is 0 Å². The SMILES string of the molecule is CCCCCCCC1CCC(C(F)(F)Cc2ccc(F)cc2)CC1. The molecule has 0 atom stereocenters. The van der Waals surface area contributed by atoms with E-state index in [9.17, 15) is 13.2 Å². The summed E-state index contributed by atoms with van der Waals surface area (Å²) in [6, 6.07) is 5.48. The summed E-state index contributed by atoms with van der Waals surface area (Å²) in [6.45, 7) is 2.22. The molecule has 0 bridgehead atoms. The molecule has 0 heterocycles. The second-order valence-electron chi connectivity index (χ2n) is 7.48. The highest BCUT2D eigenvalue weighted by molar-refractivity contribution is 5.17. The molecule has 0 saturated heterocycles. The molecular formula is C21H31F3. The topological polar surface area (TPSA) is 0 Å². The van der Waals surface area contributed by atoms with Crippen molar-refractivity contribution >= 4 is 0 Å². The summed E-state index contributed by atoms with van der Waals surface area (Å²) in [5.74, 6) is -2.92. The van der Waals surface area contributed by atoms with Crippen molar-refractivity contribution in [1.29, 1.82) is 0 Å². The van der Waals surface area contributed by atoms with Gasteiger partial charge in [0.05, 0.1) is 0 Å². The van der Waals surface area contributed by atoms with Gasteiger partial charge >= 0.3 is 0 Å². The summed E-state index contributed by atoms with van der Waals surface area (Å²) < 4.78 is 41.9. The predicted octanol–water partition coefficient (Wildman–Crippen LogP) is 7.17. The molecule has 0 spiro atoms. The van der Waals surface area contributed by atoms with Crippen LogP contribution in [-0.2, 0) is 6.42 Å². The van der Waals surface area contributed by atoms with Crippen LogP contribution in [0.15, 0.2) is 24.3 Å². The Kier molecular flexibility index (Phi) is 7.64. The van der Waals surface area contributed by atoms with Crippen molar-refractivity contribution in [1.82, 2.24) is 0 Å². The normalized spacial score (nSPS) is 21.8. The molecule has 2 rings (SSSR count). The van der Waals surface area contributed by atoms with Gasteiger partial charge in [-0.05, 0) is 49.3 Å². The van der Waals surface area contributed by atoms with Crippen LogP contribution in [0.4, 0.5) is 13.2 Å². The first-order chi connectivity index (χ1) is 11.5. The van der Waals surface area contributed by atoms with Crippen molar-refractivity contribution in [2.24, 2.45) is 11.8 Å². The number of alkyl halides is 2. The van der Waals surface area contributed by atoms with E-state index in [1.54, 1.807) is 0 Å². The summed E-state index contributed by atoms with van der Waals surface area (Å²) >= 11 is 0. The first-order valence-corrected chi connectivity index (χ1v) is 9.63. The minimum absolute atomic E-state index is 0.264. The van der Waals surface area contributed by atoms with Crippen LogP contribution in [-0.4, -0.2) is 5.92 Å². The number of unbranched alkanes of at least 4 members (excludes halogenated alkanes) is 4. The molecule has 1 saturated carbocycles. The van der Waals surface area contributed by atoms with Gasteiger partial charge in [-0.25, -0.2) is 13.2 Å². The van der Waals surface area contributed by atoms with Crippen LogP contribution in [0.1, 0.15) is 76.7 Å². The van der Waals surface area contributed by atoms with E-state index in [1.165, 1.54) is 62.8 Å². The van der Waals surface area contributed by atoms with Crippen LogP contribution in [0.25, 0.3) is 0 Å². The maximum absolute atomic E-state index is 14.5. The third-order valence-electron chi connectivity index (χ3n) is 5.51. The smallest absolute Gasteiger partial charge is 0.207 e.